The third-order valence-corrected chi connectivity index (χ3v) is 5.30. The van der Waals surface area contributed by atoms with Crippen LogP contribution in [0.5, 0.6) is 5.75 Å². The van der Waals surface area contributed by atoms with Crippen LogP contribution in [0.2, 0.25) is 10.0 Å². The van der Waals surface area contributed by atoms with Gasteiger partial charge < -0.3 is 16.2 Å². The molecule has 5 rings (SSSR count). The second-order valence-corrected chi connectivity index (χ2v) is 7.15. The predicted molar refractivity (Wildman–Crippen MR) is 106 cm³/mol. The summed E-state index contributed by atoms with van der Waals surface area (Å²) in [7, 11) is 0. The average Bonchev–Trinajstić information content (AvgIpc) is 3.00. The van der Waals surface area contributed by atoms with E-state index in [4.69, 9.17) is 28.9 Å². The molecule has 0 aliphatic carbocycles. The number of hydrogen-bond donors (Lipinski definition) is 3. The summed E-state index contributed by atoms with van der Waals surface area (Å²) >= 11 is 12.3. The molecule has 0 saturated carbocycles. The normalized spacial score (nSPS) is 15.3. The van der Waals surface area contributed by atoms with Crippen LogP contribution in [-0.2, 0) is 0 Å². The number of fused-ring (bicyclic) bond motifs is 2. The number of nitrogens with zero attached hydrogens (tertiary/aromatic N) is 3. The van der Waals surface area contributed by atoms with Crippen molar-refractivity contribution >= 4 is 40.4 Å². The van der Waals surface area contributed by atoms with E-state index in [1.54, 1.807) is 16.6 Å². The number of rotatable bonds is 1. The Morgan fingerprint density at radius 2 is 1.85 bits per heavy atom. The molecule has 27 heavy (non-hydrogen) atoms. The fraction of sp³-hybridized carbons (Fsp3) is 0.0526. The van der Waals surface area contributed by atoms with E-state index >= 15 is 0 Å². The minimum atomic E-state index is -0.264. The molecule has 1 aliphatic rings. The number of nitrogens with one attached hydrogen (secondary N) is 1. The number of anilines is 2. The maximum absolute atomic E-state index is 9.92. The van der Waals surface area contributed by atoms with Gasteiger partial charge in [-0.15, -0.1) is 5.10 Å². The number of aromatic hydroxyl groups is 1. The minimum absolute atomic E-state index is 0.130. The molecule has 2 aromatic heterocycles. The van der Waals surface area contributed by atoms with E-state index in [9.17, 15) is 5.11 Å². The van der Waals surface area contributed by atoms with Crippen molar-refractivity contribution in [1.29, 1.82) is 0 Å². The molecule has 2 aromatic carbocycles. The van der Waals surface area contributed by atoms with E-state index in [0.717, 1.165) is 33.6 Å². The van der Waals surface area contributed by atoms with Gasteiger partial charge in [-0.3, -0.25) is 0 Å². The number of phenolic OH excluding ortho intramolecular Hbond substituents is 1. The molecule has 0 bridgehead atoms. The molecule has 0 saturated heterocycles. The second kappa shape index (κ2) is 5.77. The standard InChI is InChI=1S/C19H13Cl2N5O/c20-12-7-9(8-13(21)18(12)27)15-11-5-6-26-17(11)16(24-19(22)25-26)10-3-1-2-4-14(10)23-15/h1-8,15,23,27H,(H2,22,25). The molecule has 0 amide bonds. The molecule has 3 heterocycles. The molecule has 134 valence electrons. The van der Waals surface area contributed by atoms with Crippen molar-refractivity contribution in [3.05, 3.63) is 69.8 Å². The van der Waals surface area contributed by atoms with Crippen LogP contribution in [0.3, 0.4) is 0 Å². The smallest absolute Gasteiger partial charge is 0.238 e. The number of halogens is 2. The SMILES string of the molecule is Nc1nc2c3c(ccn3n1)C(c1cc(Cl)c(O)c(Cl)c1)Nc1ccccc1-2. The van der Waals surface area contributed by atoms with Crippen LogP contribution in [0.4, 0.5) is 11.6 Å². The van der Waals surface area contributed by atoms with E-state index in [0.29, 0.717) is 0 Å². The topological polar surface area (TPSA) is 88.5 Å². The summed E-state index contributed by atoms with van der Waals surface area (Å²) in [5.74, 6) is 0.0678. The van der Waals surface area contributed by atoms with Crippen LogP contribution >= 0.6 is 23.2 Å². The van der Waals surface area contributed by atoms with Crippen molar-refractivity contribution in [3.8, 4) is 17.0 Å². The van der Waals surface area contributed by atoms with Gasteiger partial charge in [-0.1, -0.05) is 41.4 Å². The number of nitrogen functional groups attached to an aromatic ring is 1. The summed E-state index contributed by atoms with van der Waals surface area (Å²) in [6.07, 6.45) is 1.85. The van der Waals surface area contributed by atoms with Crippen molar-refractivity contribution in [3.63, 3.8) is 0 Å². The Morgan fingerprint density at radius 3 is 2.63 bits per heavy atom. The maximum atomic E-state index is 9.92. The van der Waals surface area contributed by atoms with Gasteiger partial charge in [0.05, 0.1) is 21.6 Å². The maximum Gasteiger partial charge on any atom is 0.238 e. The molecule has 0 spiro atoms. The lowest BCUT2D eigenvalue weighted by Gasteiger charge is -2.20. The highest BCUT2D eigenvalue weighted by molar-refractivity contribution is 6.37. The first kappa shape index (κ1) is 16.2. The van der Waals surface area contributed by atoms with Crippen molar-refractivity contribution in [2.75, 3.05) is 11.1 Å². The third kappa shape index (κ3) is 2.41. The summed E-state index contributed by atoms with van der Waals surface area (Å²) in [5.41, 5.74) is 11.1. The molecule has 4 aromatic rings. The van der Waals surface area contributed by atoms with Crippen LogP contribution < -0.4 is 11.1 Å². The van der Waals surface area contributed by atoms with E-state index < -0.39 is 0 Å². The zero-order valence-corrected chi connectivity index (χ0v) is 15.3. The Kier molecular flexibility index (Phi) is 3.47. The second-order valence-electron chi connectivity index (χ2n) is 6.34. The van der Waals surface area contributed by atoms with E-state index in [1.807, 2.05) is 36.5 Å². The number of aromatic nitrogens is 3. The van der Waals surface area contributed by atoms with Gasteiger partial charge in [0, 0.05) is 23.0 Å². The highest BCUT2D eigenvalue weighted by Gasteiger charge is 2.28. The van der Waals surface area contributed by atoms with Crippen LogP contribution in [-0.4, -0.2) is 19.7 Å². The molecule has 6 nitrogen and oxygen atoms in total. The van der Waals surface area contributed by atoms with Crippen molar-refractivity contribution in [2.24, 2.45) is 0 Å². The van der Waals surface area contributed by atoms with Gasteiger partial charge in [-0.05, 0) is 29.8 Å². The van der Waals surface area contributed by atoms with E-state index in [-0.39, 0.29) is 27.8 Å². The van der Waals surface area contributed by atoms with Crippen molar-refractivity contribution in [1.82, 2.24) is 14.6 Å². The average molecular weight is 398 g/mol. The highest BCUT2D eigenvalue weighted by Crippen LogP contribution is 2.43. The Hall–Kier alpha value is -2.96. The Morgan fingerprint density at radius 1 is 1.11 bits per heavy atom. The minimum Gasteiger partial charge on any atom is -0.505 e. The lowest BCUT2D eigenvalue weighted by atomic mass is 9.99. The number of nitrogens with two attached hydrogens (primary N) is 1. The fourth-order valence-electron chi connectivity index (χ4n) is 3.55. The Balaban J connectivity index is 1.84. The van der Waals surface area contributed by atoms with Gasteiger partial charge in [0.1, 0.15) is 5.69 Å². The first-order chi connectivity index (χ1) is 13.0. The predicted octanol–water partition coefficient (Wildman–Crippen LogP) is 4.51. The first-order valence-corrected chi connectivity index (χ1v) is 8.97. The summed E-state index contributed by atoms with van der Waals surface area (Å²) in [4.78, 5) is 4.50. The molecular weight excluding hydrogens is 385 g/mol. The number of hydrogen-bond acceptors (Lipinski definition) is 5. The molecular formula is C19H13Cl2N5O. The molecule has 0 fully saturated rings. The Bertz CT molecular complexity index is 1200. The third-order valence-electron chi connectivity index (χ3n) is 4.72. The zero-order valence-electron chi connectivity index (χ0n) is 13.8. The summed E-state index contributed by atoms with van der Waals surface area (Å²) in [5, 5.41) is 18.1. The number of benzene rings is 2. The molecule has 0 radical (unpaired) electrons. The summed E-state index contributed by atoms with van der Waals surface area (Å²) < 4.78 is 1.73. The van der Waals surface area contributed by atoms with Gasteiger partial charge in [0.25, 0.3) is 0 Å². The zero-order chi connectivity index (χ0) is 18.7. The monoisotopic (exact) mass is 397 g/mol. The number of phenols is 1. The Labute approximate surface area is 164 Å². The molecule has 1 aliphatic heterocycles. The van der Waals surface area contributed by atoms with Gasteiger partial charge in [0.15, 0.2) is 5.75 Å². The first-order valence-electron chi connectivity index (χ1n) is 8.21. The van der Waals surface area contributed by atoms with Crippen molar-refractivity contribution < 1.29 is 5.11 Å². The van der Waals surface area contributed by atoms with Crippen LogP contribution in [0.15, 0.2) is 48.7 Å². The number of para-hydroxylation sites is 1. The largest absolute Gasteiger partial charge is 0.505 e. The van der Waals surface area contributed by atoms with Crippen LogP contribution in [0.1, 0.15) is 17.2 Å². The molecule has 1 unspecified atom stereocenters. The molecule has 8 heteroatoms. The fourth-order valence-corrected chi connectivity index (χ4v) is 4.05. The van der Waals surface area contributed by atoms with E-state index in [1.165, 1.54) is 0 Å². The van der Waals surface area contributed by atoms with Gasteiger partial charge in [-0.25, -0.2) is 9.50 Å². The lowest BCUT2D eigenvalue weighted by molar-refractivity contribution is 0.475. The van der Waals surface area contributed by atoms with E-state index in [2.05, 4.69) is 15.4 Å². The van der Waals surface area contributed by atoms with Crippen LogP contribution in [0, 0.1) is 0 Å². The van der Waals surface area contributed by atoms with Gasteiger partial charge in [-0.2, -0.15) is 0 Å². The molecule has 1 atom stereocenters. The van der Waals surface area contributed by atoms with Crippen LogP contribution in [0.25, 0.3) is 16.8 Å². The summed E-state index contributed by atoms with van der Waals surface area (Å²) in [6, 6.07) is 13.0. The molecule has 4 N–H and O–H groups in total. The van der Waals surface area contributed by atoms with Gasteiger partial charge in [0.2, 0.25) is 5.95 Å². The highest BCUT2D eigenvalue weighted by atomic mass is 35.5. The van der Waals surface area contributed by atoms with Crippen molar-refractivity contribution in [2.45, 2.75) is 6.04 Å². The van der Waals surface area contributed by atoms with Gasteiger partial charge >= 0.3 is 0 Å². The summed E-state index contributed by atoms with van der Waals surface area (Å²) in [6.45, 7) is 0. The quantitative estimate of drug-likeness (QED) is 0.439. The lowest BCUT2D eigenvalue weighted by Crippen LogP contribution is -2.11.